The summed E-state index contributed by atoms with van der Waals surface area (Å²) in [6, 6.07) is 2.01. The van der Waals surface area contributed by atoms with Gasteiger partial charge in [-0.3, -0.25) is 9.59 Å². The van der Waals surface area contributed by atoms with Crippen LogP contribution in [0.1, 0.15) is 34.2 Å². The van der Waals surface area contributed by atoms with E-state index in [1.807, 2.05) is 32.1 Å². The Balaban J connectivity index is 1.34. The number of aromatic nitrogens is 3. The van der Waals surface area contributed by atoms with E-state index in [0.717, 1.165) is 28.0 Å². The van der Waals surface area contributed by atoms with E-state index in [-0.39, 0.29) is 17.9 Å². The highest BCUT2D eigenvalue weighted by molar-refractivity contribution is 9.10. The van der Waals surface area contributed by atoms with Crippen molar-refractivity contribution in [3.63, 3.8) is 0 Å². The number of halogens is 1. The smallest absolute Gasteiger partial charge is 0.264 e. The summed E-state index contributed by atoms with van der Waals surface area (Å²) in [7, 11) is 0. The summed E-state index contributed by atoms with van der Waals surface area (Å²) in [5, 5.41) is 10.2. The monoisotopic (exact) mass is 409 g/mol. The molecule has 126 valence electrons. The topological polar surface area (TPSA) is 71.3 Å². The third kappa shape index (κ3) is 2.98. The summed E-state index contributed by atoms with van der Waals surface area (Å²) in [5.74, 6) is 0.247. The zero-order chi connectivity index (χ0) is 16.7. The minimum atomic E-state index is 0.0601. The number of hydrogen-bond donors (Lipinski definition) is 0. The number of likely N-dealkylation sites (tertiary alicyclic amines) is 2. The number of amides is 2. The lowest BCUT2D eigenvalue weighted by Gasteiger charge is -2.38. The zero-order valence-corrected chi connectivity index (χ0v) is 15.3. The van der Waals surface area contributed by atoms with Gasteiger partial charge >= 0.3 is 0 Å². The lowest BCUT2D eigenvalue weighted by atomic mass is 10.1. The SMILES string of the molecule is O=C1CCCN1Cc1cn(C2CN(C(=O)c3cc(Br)cs3)C2)nn1. The molecule has 2 amide bonds. The molecule has 24 heavy (non-hydrogen) atoms. The first-order valence-corrected chi connectivity index (χ1v) is 9.49. The third-order valence-corrected chi connectivity index (χ3v) is 6.06. The second kappa shape index (κ2) is 6.29. The van der Waals surface area contributed by atoms with Crippen LogP contribution < -0.4 is 0 Å². The molecular formula is C15H16BrN5O2S. The van der Waals surface area contributed by atoms with Crippen LogP contribution in [0.4, 0.5) is 0 Å². The Labute approximate surface area is 151 Å². The average Bonchev–Trinajstić information content (AvgIpc) is 3.22. The van der Waals surface area contributed by atoms with Gasteiger partial charge in [0.1, 0.15) is 5.69 Å². The molecule has 0 spiro atoms. The van der Waals surface area contributed by atoms with Crippen molar-refractivity contribution in [2.75, 3.05) is 19.6 Å². The van der Waals surface area contributed by atoms with E-state index in [9.17, 15) is 9.59 Å². The zero-order valence-electron chi connectivity index (χ0n) is 12.9. The van der Waals surface area contributed by atoms with E-state index in [0.29, 0.717) is 26.1 Å². The molecular weight excluding hydrogens is 394 g/mol. The maximum Gasteiger partial charge on any atom is 0.264 e. The Morgan fingerprint density at radius 3 is 2.92 bits per heavy atom. The average molecular weight is 410 g/mol. The predicted molar refractivity (Wildman–Crippen MR) is 91.6 cm³/mol. The van der Waals surface area contributed by atoms with Gasteiger partial charge in [0.25, 0.3) is 5.91 Å². The van der Waals surface area contributed by atoms with Gasteiger partial charge in [0, 0.05) is 35.9 Å². The molecule has 0 unspecified atom stereocenters. The van der Waals surface area contributed by atoms with Crippen molar-refractivity contribution in [2.45, 2.75) is 25.4 Å². The fourth-order valence-electron chi connectivity index (χ4n) is 3.00. The van der Waals surface area contributed by atoms with Gasteiger partial charge in [-0.2, -0.15) is 0 Å². The summed E-state index contributed by atoms with van der Waals surface area (Å²) in [6.07, 6.45) is 3.44. The second-order valence-electron chi connectivity index (χ2n) is 6.10. The molecule has 0 radical (unpaired) electrons. The van der Waals surface area contributed by atoms with Crippen LogP contribution in [0, 0.1) is 0 Å². The first-order chi connectivity index (χ1) is 11.6. The first-order valence-electron chi connectivity index (χ1n) is 7.82. The molecule has 4 heterocycles. The summed E-state index contributed by atoms with van der Waals surface area (Å²) in [6.45, 7) is 2.60. The van der Waals surface area contributed by atoms with E-state index in [4.69, 9.17) is 0 Å². The van der Waals surface area contributed by atoms with Crippen molar-refractivity contribution < 1.29 is 9.59 Å². The van der Waals surface area contributed by atoms with Crippen LogP contribution in [0.3, 0.4) is 0 Å². The normalized spacial score (nSPS) is 18.3. The Kier molecular flexibility index (Phi) is 4.13. The number of thiophene rings is 1. The largest absolute Gasteiger partial charge is 0.337 e. The van der Waals surface area contributed by atoms with Gasteiger partial charge in [-0.15, -0.1) is 16.4 Å². The van der Waals surface area contributed by atoms with Crippen LogP contribution in [-0.4, -0.2) is 56.2 Å². The molecule has 2 aliphatic heterocycles. The number of carbonyl (C=O) groups is 2. The third-order valence-electron chi connectivity index (χ3n) is 4.38. The molecule has 4 rings (SSSR count). The van der Waals surface area contributed by atoms with E-state index < -0.39 is 0 Å². The Morgan fingerprint density at radius 2 is 2.25 bits per heavy atom. The highest BCUT2D eigenvalue weighted by Gasteiger charge is 2.34. The van der Waals surface area contributed by atoms with E-state index in [2.05, 4.69) is 26.2 Å². The number of nitrogens with zero attached hydrogens (tertiary/aromatic N) is 5. The molecule has 0 atom stereocenters. The maximum atomic E-state index is 12.3. The number of carbonyl (C=O) groups excluding carboxylic acids is 2. The summed E-state index contributed by atoms with van der Waals surface area (Å²) in [5.41, 5.74) is 0.803. The van der Waals surface area contributed by atoms with Gasteiger partial charge in [-0.05, 0) is 28.4 Å². The molecule has 2 aromatic rings. The van der Waals surface area contributed by atoms with Crippen LogP contribution in [0.2, 0.25) is 0 Å². The minimum Gasteiger partial charge on any atom is -0.337 e. The molecule has 2 fully saturated rings. The molecule has 9 heteroatoms. The molecule has 2 aromatic heterocycles. The van der Waals surface area contributed by atoms with Gasteiger partial charge in [0.2, 0.25) is 5.91 Å². The first kappa shape index (κ1) is 15.8. The van der Waals surface area contributed by atoms with Crippen molar-refractivity contribution in [3.8, 4) is 0 Å². The lowest BCUT2D eigenvalue weighted by Crippen LogP contribution is -2.50. The molecule has 0 N–H and O–H groups in total. The standard InChI is InChI=1S/C15H16BrN5O2S/c16-10-4-13(24-9-10)15(23)20-7-12(8-20)21-6-11(17-18-21)5-19-3-1-2-14(19)22/h4,6,9,12H,1-3,5,7-8H2. The van der Waals surface area contributed by atoms with Crippen LogP contribution in [0.5, 0.6) is 0 Å². The molecule has 7 nitrogen and oxygen atoms in total. The Bertz CT molecular complexity index is 782. The fourth-order valence-corrected chi connectivity index (χ4v) is 4.39. The van der Waals surface area contributed by atoms with Gasteiger partial charge < -0.3 is 9.80 Å². The van der Waals surface area contributed by atoms with Gasteiger partial charge in [-0.25, -0.2) is 4.68 Å². The molecule has 0 aliphatic carbocycles. The summed E-state index contributed by atoms with van der Waals surface area (Å²) >= 11 is 4.81. The highest BCUT2D eigenvalue weighted by atomic mass is 79.9. The van der Waals surface area contributed by atoms with Crippen LogP contribution >= 0.6 is 27.3 Å². The van der Waals surface area contributed by atoms with Crippen molar-refractivity contribution in [1.82, 2.24) is 24.8 Å². The summed E-state index contributed by atoms with van der Waals surface area (Å²) in [4.78, 5) is 28.4. The van der Waals surface area contributed by atoms with Crippen molar-refractivity contribution in [3.05, 3.63) is 32.7 Å². The molecule has 2 saturated heterocycles. The summed E-state index contributed by atoms with van der Waals surface area (Å²) < 4.78 is 2.74. The second-order valence-corrected chi connectivity index (χ2v) is 7.93. The molecule has 0 saturated carbocycles. The quantitative estimate of drug-likeness (QED) is 0.772. The minimum absolute atomic E-state index is 0.0601. The van der Waals surface area contributed by atoms with Crippen LogP contribution in [0.15, 0.2) is 22.1 Å². The molecule has 2 aliphatic rings. The van der Waals surface area contributed by atoms with E-state index in [1.165, 1.54) is 11.3 Å². The van der Waals surface area contributed by atoms with E-state index in [1.54, 1.807) is 0 Å². The van der Waals surface area contributed by atoms with Crippen molar-refractivity contribution in [1.29, 1.82) is 0 Å². The molecule has 0 aromatic carbocycles. The van der Waals surface area contributed by atoms with Gasteiger partial charge in [-0.1, -0.05) is 5.21 Å². The van der Waals surface area contributed by atoms with Crippen molar-refractivity contribution >= 4 is 39.1 Å². The highest BCUT2D eigenvalue weighted by Crippen LogP contribution is 2.27. The van der Waals surface area contributed by atoms with Gasteiger partial charge in [0.15, 0.2) is 0 Å². The Hall–Kier alpha value is -1.74. The van der Waals surface area contributed by atoms with Crippen LogP contribution in [0.25, 0.3) is 0 Å². The van der Waals surface area contributed by atoms with Crippen molar-refractivity contribution in [2.24, 2.45) is 0 Å². The predicted octanol–water partition coefficient (Wildman–Crippen LogP) is 1.92. The van der Waals surface area contributed by atoms with Crippen LogP contribution in [-0.2, 0) is 11.3 Å². The fraction of sp³-hybridized carbons (Fsp3) is 0.467. The lowest BCUT2D eigenvalue weighted by molar-refractivity contribution is -0.128. The number of rotatable bonds is 4. The van der Waals surface area contributed by atoms with E-state index >= 15 is 0 Å². The van der Waals surface area contributed by atoms with Gasteiger partial charge in [0.05, 0.1) is 23.7 Å². The Morgan fingerprint density at radius 1 is 1.42 bits per heavy atom. The number of hydrogen-bond acceptors (Lipinski definition) is 5. The molecule has 0 bridgehead atoms. The maximum absolute atomic E-state index is 12.3.